The van der Waals surface area contributed by atoms with Gasteiger partial charge in [0.1, 0.15) is 5.75 Å². The fourth-order valence-corrected chi connectivity index (χ4v) is 2.03. The van der Waals surface area contributed by atoms with Crippen LogP contribution in [0.3, 0.4) is 0 Å². The summed E-state index contributed by atoms with van der Waals surface area (Å²) in [7, 11) is 0. The Morgan fingerprint density at radius 2 is 1.75 bits per heavy atom. The standard InChI is InChI=1S/C12H18N2O2/c13-12(9-15)5-7-14(8-6-12)10-1-3-11(16)4-2-10/h1-4,15-16H,5-9,13H2. The summed E-state index contributed by atoms with van der Waals surface area (Å²) in [6.45, 7) is 1.75. The van der Waals surface area contributed by atoms with Gasteiger partial charge in [-0.05, 0) is 37.1 Å². The average Bonchev–Trinajstić information content (AvgIpc) is 2.32. The number of benzene rings is 1. The number of phenols is 1. The minimum absolute atomic E-state index is 0.0520. The van der Waals surface area contributed by atoms with Gasteiger partial charge < -0.3 is 20.8 Å². The van der Waals surface area contributed by atoms with Crippen molar-refractivity contribution in [2.24, 2.45) is 5.73 Å². The van der Waals surface area contributed by atoms with Crippen molar-refractivity contribution in [1.29, 1.82) is 0 Å². The Labute approximate surface area is 95.3 Å². The number of anilines is 1. The lowest BCUT2D eigenvalue weighted by atomic mass is 9.89. The molecule has 1 aliphatic heterocycles. The molecule has 4 heteroatoms. The van der Waals surface area contributed by atoms with E-state index in [0.29, 0.717) is 0 Å². The van der Waals surface area contributed by atoms with E-state index >= 15 is 0 Å². The second-order valence-electron chi connectivity index (χ2n) is 4.52. The third kappa shape index (κ3) is 2.28. The van der Waals surface area contributed by atoms with Crippen molar-refractivity contribution in [1.82, 2.24) is 0 Å². The first kappa shape index (κ1) is 11.2. The van der Waals surface area contributed by atoms with Gasteiger partial charge in [-0.2, -0.15) is 0 Å². The minimum atomic E-state index is -0.409. The monoisotopic (exact) mass is 222 g/mol. The molecule has 0 bridgehead atoms. The number of nitrogens with zero attached hydrogens (tertiary/aromatic N) is 1. The molecule has 0 spiro atoms. The van der Waals surface area contributed by atoms with Gasteiger partial charge in [-0.15, -0.1) is 0 Å². The van der Waals surface area contributed by atoms with Gasteiger partial charge in [0.25, 0.3) is 0 Å². The fourth-order valence-electron chi connectivity index (χ4n) is 2.03. The maximum absolute atomic E-state index is 9.20. The summed E-state index contributed by atoms with van der Waals surface area (Å²) in [6.07, 6.45) is 1.59. The molecular formula is C12H18N2O2. The summed E-state index contributed by atoms with van der Waals surface area (Å²) in [5.74, 6) is 0.282. The van der Waals surface area contributed by atoms with Crippen molar-refractivity contribution >= 4 is 5.69 Å². The Morgan fingerprint density at radius 3 is 2.25 bits per heavy atom. The predicted octanol–water partition coefficient (Wildman–Crippen LogP) is 0.682. The van der Waals surface area contributed by atoms with E-state index in [9.17, 15) is 5.11 Å². The molecule has 0 radical (unpaired) electrons. The van der Waals surface area contributed by atoms with Gasteiger partial charge in [0.2, 0.25) is 0 Å². The van der Waals surface area contributed by atoms with E-state index < -0.39 is 5.54 Å². The smallest absolute Gasteiger partial charge is 0.115 e. The second kappa shape index (κ2) is 4.31. The Morgan fingerprint density at radius 1 is 1.19 bits per heavy atom. The topological polar surface area (TPSA) is 69.7 Å². The predicted molar refractivity (Wildman–Crippen MR) is 63.6 cm³/mol. The van der Waals surface area contributed by atoms with Gasteiger partial charge in [0, 0.05) is 24.3 Å². The average molecular weight is 222 g/mol. The van der Waals surface area contributed by atoms with E-state index in [1.807, 2.05) is 12.1 Å². The molecule has 16 heavy (non-hydrogen) atoms. The molecule has 0 aliphatic carbocycles. The molecule has 1 aromatic carbocycles. The number of nitrogens with two attached hydrogens (primary N) is 1. The Hall–Kier alpha value is -1.26. The zero-order valence-electron chi connectivity index (χ0n) is 9.26. The van der Waals surface area contributed by atoms with Crippen LogP contribution in [0.2, 0.25) is 0 Å². The largest absolute Gasteiger partial charge is 0.508 e. The molecule has 88 valence electrons. The molecule has 4 nitrogen and oxygen atoms in total. The molecule has 0 unspecified atom stereocenters. The first-order valence-electron chi connectivity index (χ1n) is 5.57. The van der Waals surface area contributed by atoms with Gasteiger partial charge in [-0.1, -0.05) is 0 Å². The molecular weight excluding hydrogens is 204 g/mol. The number of hydrogen-bond donors (Lipinski definition) is 3. The van der Waals surface area contributed by atoms with Crippen LogP contribution in [0, 0.1) is 0 Å². The molecule has 1 aromatic rings. The molecule has 4 N–H and O–H groups in total. The third-order valence-corrected chi connectivity index (χ3v) is 3.29. The maximum atomic E-state index is 9.20. The Bertz CT molecular complexity index is 343. The van der Waals surface area contributed by atoms with Crippen molar-refractivity contribution in [2.75, 3.05) is 24.6 Å². The number of aliphatic hydroxyl groups excluding tert-OH is 1. The molecule has 0 amide bonds. The first-order valence-corrected chi connectivity index (χ1v) is 5.57. The van der Waals surface area contributed by atoms with Gasteiger partial charge >= 0.3 is 0 Å². The summed E-state index contributed by atoms with van der Waals surface area (Å²) in [4.78, 5) is 2.22. The highest BCUT2D eigenvalue weighted by Crippen LogP contribution is 2.25. The van der Waals surface area contributed by atoms with Gasteiger partial charge in [-0.25, -0.2) is 0 Å². The SMILES string of the molecule is NC1(CO)CCN(c2ccc(O)cc2)CC1. The number of aliphatic hydroxyl groups is 1. The van der Waals surface area contributed by atoms with Crippen molar-refractivity contribution < 1.29 is 10.2 Å². The maximum Gasteiger partial charge on any atom is 0.115 e. The van der Waals surface area contributed by atoms with Crippen LogP contribution in [0.4, 0.5) is 5.69 Å². The number of phenolic OH excluding ortho intramolecular Hbond substituents is 1. The zero-order valence-corrected chi connectivity index (χ0v) is 9.26. The van der Waals surface area contributed by atoms with E-state index in [4.69, 9.17) is 10.8 Å². The van der Waals surface area contributed by atoms with Gasteiger partial charge in [-0.3, -0.25) is 0 Å². The van der Waals surface area contributed by atoms with Crippen LogP contribution in [0.25, 0.3) is 0 Å². The van der Waals surface area contributed by atoms with Crippen LogP contribution in [-0.2, 0) is 0 Å². The van der Waals surface area contributed by atoms with E-state index in [-0.39, 0.29) is 12.4 Å². The van der Waals surface area contributed by atoms with Crippen molar-refractivity contribution in [3.05, 3.63) is 24.3 Å². The summed E-state index contributed by atoms with van der Waals surface area (Å²) >= 11 is 0. The summed E-state index contributed by atoms with van der Waals surface area (Å²) in [5.41, 5.74) is 6.69. The minimum Gasteiger partial charge on any atom is -0.508 e. The number of hydrogen-bond acceptors (Lipinski definition) is 4. The molecule has 0 atom stereocenters. The van der Waals surface area contributed by atoms with Crippen molar-refractivity contribution in [3.63, 3.8) is 0 Å². The van der Waals surface area contributed by atoms with E-state index in [2.05, 4.69) is 4.90 Å². The lowest BCUT2D eigenvalue weighted by Gasteiger charge is -2.39. The highest BCUT2D eigenvalue weighted by molar-refractivity contribution is 5.49. The van der Waals surface area contributed by atoms with Crippen LogP contribution in [0.5, 0.6) is 5.75 Å². The lowest BCUT2D eigenvalue weighted by molar-refractivity contribution is 0.170. The number of piperidine rings is 1. The first-order chi connectivity index (χ1) is 7.63. The molecule has 0 aromatic heterocycles. The van der Waals surface area contributed by atoms with Crippen LogP contribution in [-0.4, -0.2) is 35.4 Å². The highest BCUT2D eigenvalue weighted by atomic mass is 16.3. The summed E-state index contributed by atoms with van der Waals surface area (Å²) in [6, 6.07) is 7.17. The lowest BCUT2D eigenvalue weighted by Crippen LogP contribution is -2.52. The van der Waals surface area contributed by atoms with Gasteiger partial charge in [0.15, 0.2) is 0 Å². The van der Waals surface area contributed by atoms with E-state index in [1.165, 1.54) is 0 Å². The van der Waals surface area contributed by atoms with Gasteiger partial charge in [0.05, 0.1) is 6.61 Å². The number of aromatic hydroxyl groups is 1. The molecule has 1 saturated heterocycles. The van der Waals surface area contributed by atoms with Crippen LogP contribution >= 0.6 is 0 Å². The van der Waals surface area contributed by atoms with Crippen molar-refractivity contribution in [3.8, 4) is 5.75 Å². The molecule has 1 heterocycles. The van der Waals surface area contributed by atoms with Crippen molar-refractivity contribution in [2.45, 2.75) is 18.4 Å². The molecule has 1 aliphatic rings. The second-order valence-corrected chi connectivity index (χ2v) is 4.52. The molecule has 2 rings (SSSR count). The molecule has 1 fully saturated rings. The molecule has 0 saturated carbocycles. The zero-order chi connectivity index (χ0) is 11.6. The summed E-state index contributed by atoms with van der Waals surface area (Å²) < 4.78 is 0. The third-order valence-electron chi connectivity index (χ3n) is 3.29. The normalized spacial score (nSPS) is 19.8. The Kier molecular flexibility index (Phi) is 3.03. The van der Waals surface area contributed by atoms with E-state index in [0.717, 1.165) is 31.6 Å². The van der Waals surface area contributed by atoms with Crippen LogP contribution < -0.4 is 10.6 Å². The quantitative estimate of drug-likeness (QED) is 0.688. The number of rotatable bonds is 2. The Balaban J connectivity index is 2.01. The van der Waals surface area contributed by atoms with Crippen LogP contribution in [0.1, 0.15) is 12.8 Å². The van der Waals surface area contributed by atoms with Crippen LogP contribution in [0.15, 0.2) is 24.3 Å². The highest BCUT2D eigenvalue weighted by Gasteiger charge is 2.29. The summed E-state index contributed by atoms with van der Waals surface area (Å²) in [5, 5.41) is 18.4. The fraction of sp³-hybridized carbons (Fsp3) is 0.500. The van der Waals surface area contributed by atoms with E-state index in [1.54, 1.807) is 12.1 Å².